The molecule has 0 atom stereocenters. The summed E-state index contributed by atoms with van der Waals surface area (Å²) in [4.78, 5) is 18.4. The summed E-state index contributed by atoms with van der Waals surface area (Å²) in [7, 11) is 0. The molecule has 1 aliphatic rings. The van der Waals surface area contributed by atoms with Crippen molar-refractivity contribution in [1.29, 1.82) is 0 Å². The fraction of sp³-hybridized carbons (Fsp3) is 0.286. The fourth-order valence-electron chi connectivity index (χ4n) is 2.14. The molecule has 1 saturated heterocycles. The van der Waals surface area contributed by atoms with Crippen molar-refractivity contribution in [1.82, 2.24) is 9.88 Å². The summed E-state index contributed by atoms with van der Waals surface area (Å²) in [5.41, 5.74) is 1.56. The molecule has 18 heavy (non-hydrogen) atoms. The molecule has 3 rings (SSSR count). The second kappa shape index (κ2) is 4.74. The molecule has 1 fully saturated rings. The molecule has 0 N–H and O–H groups in total. The van der Waals surface area contributed by atoms with Gasteiger partial charge < -0.3 is 9.64 Å². The van der Waals surface area contributed by atoms with E-state index in [4.69, 9.17) is 4.74 Å². The third-order valence-corrected chi connectivity index (χ3v) is 3.14. The predicted molar refractivity (Wildman–Crippen MR) is 68.5 cm³/mol. The van der Waals surface area contributed by atoms with Gasteiger partial charge in [0.05, 0.1) is 24.3 Å². The monoisotopic (exact) mass is 242 g/mol. The van der Waals surface area contributed by atoms with Crippen LogP contribution in [-0.4, -0.2) is 42.1 Å². The number of carbonyl (C=O) groups excluding carboxylic acids is 1. The zero-order chi connectivity index (χ0) is 12.4. The van der Waals surface area contributed by atoms with Gasteiger partial charge in [-0.05, 0) is 12.1 Å². The number of fused-ring (bicyclic) bond motifs is 1. The van der Waals surface area contributed by atoms with Gasteiger partial charge in [0.15, 0.2) is 0 Å². The van der Waals surface area contributed by atoms with E-state index in [1.807, 2.05) is 35.2 Å². The number of aromatic nitrogens is 1. The van der Waals surface area contributed by atoms with Crippen LogP contribution in [0.1, 0.15) is 10.4 Å². The molecular formula is C14H14N2O2. The van der Waals surface area contributed by atoms with Crippen molar-refractivity contribution in [2.75, 3.05) is 26.3 Å². The number of ether oxygens (including phenoxy) is 1. The highest BCUT2D eigenvalue weighted by molar-refractivity contribution is 5.97. The summed E-state index contributed by atoms with van der Waals surface area (Å²) in [6.45, 7) is 2.55. The zero-order valence-electron chi connectivity index (χ0n) is 10.0. The Labute approximate surface area is 105 Å². The van der Waals surface area contributed by atoms with E-state index in [1.165, 1.54) is 0 Å². The molecule has 0 aliphatic carbocycles. The van der Waals surface area contributed by atoms with E-state index in [0.29, 0.717) is 31.9 Å². The Morgan fingerprint density at radius 1 is 1.22 bits per heavy atom. The van der Waals surface area contributed by atoms with Gasteiger partial charge in [-0.2, -0.15) is 0 Å². The zero-order valence-corrected chi connectivity index (χ0v) is 10.0. The Bertz CT molecular complexity index is 577. The van der Waals surface area contributed by atoms with E-state index in [0.717, 1.165) is 10.9 Å². The summed E-state index contributed by atoms with van der Waals surface area (Å²) in [5, 5.41) is 0.997. The Morgan fingerprint density at radius 2 is 2.00 bits per heavy atom. The standard InChI is InChI=1S/C14H14N2O2/c17-14(16-5-7-18-8-6-16)12-9-11-3-1-2-4-13(11)15-10-12/h1-4,9-10H,5-8H2. The van der Waals surface area contributed by atoms with Crippen molar-refractivity contribution < 1.29 is 9.53 Å². The highest BCUT2D eigenvalue weighted by atomic mass is 16.5. The van der Waals surface area contributed by atoms with Crippen molar-refractivity contribution in [3.63, 3.8) is 0 Å². The fourth-order valence-corrected chi connectivity index (χ4v) is 2.14. The van der Waals surface area contributed by atoms with Gasteiger partial charge in [0.2, 0.25) is 0 Å². The highest BCUT2D eigenvalue weighted by Crippen LogP contribution is 2.14. The summed E-state index contributed by atoms with van der Waals surface area (Å²) in [5.74, 6) is 0.0385. The number of nitrogens with zero attached hydrogens (tertiary/aromatic N) is 2. The van der Waals surface area contributed by atoms with Gasteiger partial charge in [0.25, 0.3) is 5.91 Å². The highest BCUT2D eigenvalue weighted by Gasteiger charge is 2.18. The van der Waals surface area contributed by atoms with Gasteiger partial charge in [0.1, 0.15) is 0 Å². The minimum atomic E-state index is 0.0385. The first kappa shape index (κ1) is 11.2. The van der Waals surface area contributed by atoms with Crippen LogP contribution in [0.2, 0.25) is 0 Å². The molecule has 4 heteroatoms. The van der Waals surface area contributed by atoms with Crippen molar-refractivity contribution in [3.05, 3.63) is 42.1 Å². The van der Waals surface area contributed by atoms with Crippen LogP contribution >= 0.6 is 0 Å². The van der Waals surface area contributed by atoms with Gasteiger partial charge in [-0.25, -0.2) is 0 Å². The average Bonchev–Trinajstić information content (AvgIpc) is 2.47. The topological polar surface area (TPSA) is 42.4 Å². The van der Waals surface area contributed by atoms with Crippen LogP contribution < -0.4 is 0 Å². The SMILES string of the molecule is O=C(c1cnc2ccccc2c1)N1CCOCC1. The van der Waals surface area contributed by atoms with E-state index in [2.05, 4.69) is 4.98 Å². The number of amides is 1. The number of morpholine rings is 1. The van der Waals surface area contributed by atoms with Gasteiger partial charge in [-0.1, -0.05) is 18.2 Å². The minimum absolute atomic E-state index is 0.0385. The quantitative estimate of drug-likeness (QED) is 0.764. The third-order valence-electron chi connectivity index (χ3n) is 3.14. The van der Waals surface area contributed by atoms with Crippen molar-refractivity contribution >= 4 is 16.8 Å². The molecule has 2 heterocycles. The Kier molecular flexibility index (Phi) is 2.94. The maximum atomic E-state index is 12.3. The molecule has 0 spiro atoms. The van der Waals surface area contributed by atoms with Gasteiger partial charge in [-0.3, -0.25) is 9.78 Å². The molecule has 0 bridgehead atoms. The lowest BCUT2D eigenvalue weighted by Gasteiger charge is -2.26. The van der Waals surface area contributed by atoms with E-state index in [9.17, 15) is 4.79 Å². The Hall–Kier alpha value is -1.94. The number of hydrogen-bond donors (Lipinski definition) is 0. The van der Waals surface area contributed by atoms with Crippen LogP contribution in [0.3, 0.4) is 0 Å². The molecule has 1 aliphatic heterocycles. The molecule has 92 valence electrons. The number of hydrogen-bond acceptors (Lipinski definition) is 3. The van der Waals surface area contributed by atoms with E-state index >= 15 is 0 Å². The van der Waals surface area contributed by atoms with Gasteiger partial charge in [0, 0.05) is 24.7 Å². The number of pyridine rings is 1. The summed E-state index contributed by atoms with van der Waals surface area (Å²) in [6.07, 6.45) is 1.65. The second-order valence-corrected chi connectivity index (χ2v) is 4.32. The van der Waals surface area contributed by atoms with Crippen molar-refractivity contribution in [2.45, 2.75) is 0 Å². The third kappa shape index (κ3) is 2.07. The predicted octanol–water partition coefficient (Wildman–Crippen LogP) is 1.71. The first-order valence-electron chi connectivity index (χ1n) is 6.06. The molecule has 1 aromatic carbocycles. The molecule has 0 unspecified atom stereocenters. The van der Waals surface area contributed by atoms with E-state index in [1.54, 1.807) is 6.20 Å². The first-order valence-corrected chi connectivity index (χ1v) is 6.06. The van der Waals surface area contributed by atoms with E-state index in [-0.39, 0.29) is 5.91 Å². The molecule has 0 saturated carbocycles. The number of carbonyl (C=O) groups is 1. The van der Waals surface area contributed by atoms with Gasteiger partial charge in [-0.15, -0.1) is 0 Å². The first-order chi connectivity index (χ1) is 8.84. The number of benzene rings is 1. The van der Waals surface area contributed by atoms with Crippen molar-refractivity contribution in [2.24, 2.45) is 0 Å². The maximum Gasteiger partial charge on any atom is 0.255 e. The summed E-state index contributed by atoms with van der Waals surface area (Å²) < 4.78 is 5.25. The van der Waals surface area contributed by atoms with Crippen LogP contribution in [0.25, 0.3) is 10.9 Å². The van der Waals surface area contributed by atoms with Crippen LogP contribution in [0, 0.1) is 0 Å². The lowest BCUT2D eigenvalue weighted by atomic mass is 10.1. The summed E-state index contributed by atoms with van der Waals surface area (Å²) in [6, 6.07) is 9.71. The molecule has 4 nitrogen and oxygen atoms in total. The van der Waals surface area contributed by atoms with Crippen LogP contribution in [0.15, 0.2) is 36.5 Å². The largest absolute Gasteiger partial charge is 0.378 e. The maximum absolute atomic E-state index is 12.3. The molecular weight excluding hydrogens is 228 g/mol. The van der Waals surface area contributed by atoms with Crippen LogP contribution in [-0.2, 0) is 4.74 Å². The Morgan fingerprint density at radius 3 is 2.83 bits per heavy atom. The minimum Gasteiger partial charge on any atom is -0.378 e. The second-order valence-electron chi connectivity index (χ2n) is 4.32. The van der Waals surface area contributed by atoms with Crippen LogP contribution in [0.4, 0.5) is 0 Å². The van der Waals surface area contributed by atoms with Gasteiger partial charge >= 0.3 is 0 Å². The van der Waals surface area contributed by atoms with Crippen molar-refractivity contribution in [3.8, 4) is 0 Å². The number of para-hydroxylation sites is 1. The molecule has 1 aromatic heterocycles. The molecule has 2 aromatic rings. The summed E-state index contributed by atoms with van der Waals surface area (Å²) >= 11 is 0. The number of rotatable bonds is 1. The normalized spacial score (nSPS) is 15.9. The lowest BCUT2D eigenvalue weighted by molar-refractivity contribution is 0.0303. The molecule has 1 amide bonds. The Balaban J connectivity index is 1.91. The lowest BCUT2D eigenvalue weighted by Crippen LogP contribution is -2.40. The smallest absolute Gasteiger partial charge is 0.255 e. The van der Waals surface area contributed by atoms with Crippen LogP contribution in [0.5, 0.6) is 0 Å². The van der Waals surface area contributed by atoms with E-state index < -0.39 is 0 Å². The molecule has 0 radical (unpaired) electrons. The average molecular weight is 242 g/mol.